The van der Waals surface area contributed by atoms with Gasteiger partial charge >= 0.3 is 0 Å². The van der Waals surface area contributed by atoms with Crippen LogP contribution in [0.5, 0.6) is 5.75 Å². The first kappa shape index (κ1) is 14.0. The fourth-order valence-electron chi connectivity index (χ4n) is 1.77. The van der Waals surface area contributed by atoms with Gasteiger partial charge in [0.2, 0.25) is 0 Å². The van der Waals surface area contributed by atoms with Gasteiger partial charge in [-0.15, -0.1) is 11.3 Å². The highest BCUT2D eigenvalue weighted by Crippen LogP contribution is 2.26. The Morgan fingerprint density at radius 2 is 2.26 bits per heavy atom. The van der Waals surface area contributed by atoms with Crippen LogP contribution in [0.15, 0.2) is 23.6 Å². The third kappa shape index (κ3) is 3.52. The Hall–Kier alpha value is -1.46. The first-order valence-electron chi connectivity index (χ1n) is 6.10. The molecule has 0 saturated carbocycles. The van der Waals surface area contributed by atoms with Crippen molar-refractivity contribution in [3.05, 3.63) is 45.7 Å². The van der Waals surface area contributed by atoms with Crippen molar-refractivity contribution in [2.45, 2.75) is 26.5 Å². The number of halogens is 1. The SMILES string of the molecule is CNC(C)c1ccc(F)cc1OCc1csc(C)n1. The lowest BCUT2D eigenvalue weighted by molar-refractivity contribution is 0.294. The van der Waals surface area contributed by atoms with Crippen LogP contribution in [-0.4, -0.2) is 12.0 Å². The second-order valence-electron chi connectivity index (χ2n) is 4.34. The number of rotatable bonds is 5. The van der Waals surface area contributed by atoms with Crippen LogP contribution in [0.1, 0.15) is 29.2 Å². The van der Waals surface area contributed by atoms with Crippen LogP contribution >= 0.6 is 11.3 Å². The first-order valence-corrected chi connectivity index (χ1v) is 6.98. The van der Waals surface area contributed by atoms with Crippen molar-refractivity contribution in [1.29, 1.82) is 0 Å². The minimum absolute atomic E-state index is 0.104. The summed E-state index contributed by atoms with van der Waals surface area (Å²) in [5.74, 6) is 0.268. The van der Waals surface area contributed by atoms with Crippen LogP contribution in [0.2, 0.25) is 0 Å². The highest BCUT2D eigenvalue weighted by Gasteiger charge is 2.12. The largest absolute Gasteiger partial charge is 0.487 e. The number of benzene rings is 1. The Balaban J connectivity index is 2.16. The summed E-state index contributed by atoms with van der Waals surface area (Å²) in [4.78, 5) is 4.33. The molecular weight excluding hydrogens is 263 g/mol. The standard InChI is InChI=1S/C14H17FN2OS/c1-9(16-3)13-5-4-11(15)6-14(13)18-7-12-8-19-10(2)17-12/h4-6,8-9,16H,7H2,1-3H3. The lowest BCUT2D eigenvalue weighted by Crippen LogP contribution is -2.14. The van der Waals surface area contributed by atoms with E-state index in [4.69, 9.17) is 4.74 Å². The van der Waals surface area contributed by atoms with Crippen LogP contribution in [0.25, 0.3) is 0 Å². The Kier molecular flexibility index (Phi) is 4.50. The molecule has 0 radical (unpaired) electrons. The van der Waals surface area contributed by atoms with Crippen LogP contribution in [-0.2, 0) is 6.61 Å². The van der Waals surface area contributed by atoms with Crippen molar-refractivity contribution >= 4 is 11.3 Å². The minimum atomic E-state index is -0.295. The second kappa shape index (κ2) is 6.12. The molecule has 1 aromatic carbocycles. The first-order chi connectivity index (χ1) is 9.10. The smallest absolute Gasteiger partial charge is 0.131 e. The van der Waals surface area contributed by atoms with Crippen LogP contribution in [0.4, 0.5) is 4.39 Å². The Morgan fingerprint density at radius 1 is 1.47 bits per heavy atom. The summed E-state index contributed by atoms with van der Waals surface area (Å²) in [5, 5.41) is 6.08. The number of thiazole rings is 1. The van der Waals surface area contributed by atoms with Crippen LogP contribution < -0.4 is 10.1 Å². The summed E-state index contributed by atoms with van der Waals surface area (Å²) in [5.41, 5.74) is 1.81. The molecular formula is C14H17FN2OS. The summed E-state index contributed by atoms with van der Waals surface area (Å²) in [6.07, 6.45) is 0. The van der Waals surface area contributed by atoms with Gasteiger partial charge in [-0.3, -0.25) is 0 Å². The number of aromatic nitrogens is 1. The van der Waals surface area contributed by atoms with E-state index in [2.05, 4.69) is 10.3 Å². The van der Waals surface area contributed by atoms with Gasteiger partial charge < -0.3 is 10.1 Å². The molecule has 1 unspecified atom stereocenters. The van der Waals surface area contributed by atoms with Crippen LogP contribution in [0, 0.1) is 12.7 Å². The molecule has 2 rings (SSSR count). The molecule has 1 heterocycles. The summed E-state index contributed by atoms with van der Waals surface area (Å²) in [6.45, 7) is 4.31. The average molecular weight is 280 g/mol. The molecule has 3 nitrogen and oxygen atoms in total. The van der Waals surface area contributed by atoms with E-state index in [1.807, 2.05) is 26.3 Å². The zero-order valence-electron chi connectivity index (χ0n) is 11.2. The van der Waals surface area contributed by atoms with Crippen molar-refractivity contribution in [3.63, 3.8) is 0 Å². The monoisotopic (exact) mass is 280 g/mol. The summed E-state index contributed by atoms with van der Waals surface area (Å²) >= 11 is 1.58. The third-order valence-electron chi connectivity index (χ3n) is 2.92. The number of hydrogen-bond donors (Lipinski definition) is 1. The molecule has 102 valence electrons. The summed E-state index contributed by atoms with van der Waals surface area (Å²) in [7, 11) is 1.86. The van der Waals surface area contributed by atoms with Gasteiger partial charge in [-0.05, 0) is 27.0 Å². The molecule has 0 aliphatic carbocycles. The maximum absolute atomic E-state index is 13.3. The van der Waals surface area contributed by atoms with Crippen molar-refractivity contribution in [2.24, 2.45) is 0 Å². The Bertz CT molecular complexity index is 556. The molecule has 0 amide bonds. The number of nitrogens with zero attached hydrogens (tertiary/aromatic N) is 1. The number of nitrogens with one attached hydrogen (secondary N) is 1. The maximum atomic E-state index is 13.3. The average Bonchev–Trinajstić information content (AvgIpc) is 2.81. The van der Waals surface area contributed by atoms with Gasteiger partial charge in [-0.2, -0.15) is 0 Å². The fourth-order valence-corrected chi connectivity index (χ4v) is 2.37. The van der Waals surface area contributed by atoms with Crippen LogP contribution in [0.3, 0.4) is 0 Å². The van der Waals surface area contributed by atoms with Gasteiger partial charge in [-0.25, -0.2) is 9.37 Å². The van der Waals surface area contributed by atoms with Gasteiger partial charge in [0.15, 0.2) is 0 Å². The lowest BCUT2D eigenvalue weighted by atomic mass is 10.1. The van der Waals surface area contributed by atoms with Gasteiger partial charge in [0, 0.05) is 23.1 Å². The highest BCUT2D eigenvalue weighted by atomic mass is 32.1. The predicted molar refractivity (Wildman–Crippen MR) is 75.1 cm³/mol. The molecule has 1 N–H and O–H groups in total. The van der Waals surface area contributed by atoms with Crippen molar-refractivity contribution in [3.8, 4) is 5.75 Å². The van der Waals surface area contributed by atoms with E-state index in [0.29, 0.717) is 12.4 Å². The number of ether oxygens (including phenoxy) is 1. The molecule has 1 atom stereocenters. The van der Waals surface area contributed by atoms with E-state index in [-0.39, 0.29) is 11.9 Å². The topological polar surface area (TPSA) is 34.1 Å². The van der Waals surface area contributed by atoms with Crippen molar-refractivity contribution < 1.29 is 9.13 Å². The Labute approximate surface area is 116 Å². The van der Waals surface area contributed by atoms with Gasteiger partial charge in [0.05, 0.1) is 10.7 Å². The van der Waals surface area contributed by atoms with E-state index < -0.39 is 0 Å². The summed E-state index contributed by atoms with van der Waals surface area (Å²) in [6, 6.07) is 4.72. The molecule has 0 saturated heterocycles. The predicted octanol–water partition coefficient (Wildman–Crippen LogP) is 3.45. The molecule has 0 spiro atoms. The van der Waals surface area contributed by atoms with E-state index in [1.54, 1.807) is 17.4 Å². The van der Waals surface area contributed by atoms with Crippen molar-refractivity contribution in [2.75, 3.05) is 7.05 Å². The maximum Gasteiger partial charge on any atom is 0.131 e. The zero-order valence-corrected chi connectivity index (χ0v) is 12.1. The lowest BCUT2D eigenvalue weighted by Gasteiger charge is -2.16. The molecule has 0 fully saturated rings. The van der Waals surface area contributed by atoms with E-state index in [1.165, 1.54) is 12.1 Å². The quantitative estimate of drug-likeness (QED) is 0.911. The van der Waals surface area contributed by atoms with Crippen molar-refractivity contribution in [1.82, 2.24) is 10.3 Å². The molecule has 2 aromatic rings. The molecule has 0 aliphatic rings. The fraction of sp³-hybridized carbons (Fsp3) is 0.357. The molecule has 0 bridgehead atoms. The van der Waals surface area contributed by atoms with Gasteiger partial charge in [-0.1, -0.05) is 6.07 Å². The zero-order chi connectivity index (χ0) is 13.8. The summed E-state index contributed by atoms with van der Waals surface area (Å²) < 4.78 is 19.0. The van der Waals surface area contributed by atoms with Gasteiger partial charge in [0.25, 0.3) is 0 Å². The number of hydrogen-bond acceptors (Lipinski definition) is 4. The van der Waals surface area contributed by atoms with E-state index in [0.717, 1.165) is 16.3 Å². The molecule has 0 aliphatic heterocycles. The highest BCUT2D eigenvalue weighted by molar-refractivity contribution is 7.09. The minimum Gasteiger partial charge on any atom is -0.487 e. The second-order valence-corrected chi connectivity index (χ2v) is 5.40. The van der Waals surface area contributed by atoms with E-state index >= 15 is 0 Å². The Morgan fingerprint density at radius 3 is 2.89 bits per heavy atom. The van der Waals surface area contributed by atoms with E-state index in [9.17, 15) is 4.39 Å². The molecule has 19 heavy (non-hydrogen) atoms. The third-order valence-corrected chi connectivity index (χ3v) is 3.74. The molecule has 5 heteroatoms. The normalized spacial score (nSPS) is 12.4. The molecule has 1 aromatic heterocycles. The number of aryl methyl sites for hydroxylation is 1. The van der Waals surface area contributed by atoms with Gasteiger partial charge in [0.1, 0.15) is 18.2 Å².